The predicted octanol–water partition coefficient (Wildman–Crippen LogP) is 1.64. The maximum atomic E-state index is 11.9. The Kier molecular flexibility index (Phi) is 8.67. The van der Waals surface area contributed by atoms with Crippen molar-refractivity contribution in [2.24, 2.45) is 0 Å². The summed E-state index contributed by atoms with van der Waals surface area (Å²) in [6.45, 7) is 0.701. The fourth-order valence-electron chi connectivity index (χ4n) is 2.25. The fourth-order valence-corrected chi connectivity index (χ4v) is 2.40. The Morgan fingerprint density at radius 3 is 2.68 bits per heavy atom. The van der Waals surface area contributed by atoms with Gasteiger partial charge in [0.05, 0.1) is 19.8 Å². The summed E-state index contributed by atoms with van der Waals surface area (Å²) in [6, 6.07) is 10.4. The third-order valence-electron chi connectivity index (χ3n) is 3.62. The molecule has 1 aromatic heterocycles. The number of hydrazine groups is 1. The van der Waals surface area contributed by atoms with Crippen molar-refractivity contribution in [2.75, 3.05) is 20.8 Å². The molecule has 148 valence electrons. The Labute approximate surface area is 169 Å². The first-order valence-corrected chi connectivity index (χ1v) is 9.04. The van der Waals surface area contributed by atoms with Crippen LogP contribution in [-0.2, 0) is 11.2 Å². The van der Waals surface area contributed by atoms with E-state index in [1.54, 1.807) is 0 Å². The second-order valence-corrected chi connectivity index (χ2v) is 6.02. The van der Waals surface area contributed by atoms with Crippen molar-refractivity contribution in [2.45, 2.75) is 12.8 Å². The first kappa shape index (κ1) is 21.1. The number of nitrogens with one attached hydrogen (secondary N) is 3. The summed E-state index contributed by atoms with van der Waals surface area (Å²) in [6.07, 6.45) is 6.24. The summed E-state index contributed by atoms with van der Waals surface area (Å²) in [5.41, 5.74) is 6.96. The van der Waals surface area contributed by atoms with E-state index in [1.165, 1.54) is 38.1 Å². The van der Waals surface area contributed by atoms with Crippen molar-refractivity contribution in [1.29, 1.82) is 0 Å². The van der Waals surface area contributed by atoms with Crippen molar-refractivity contribution in [3.8, 4) is 11.9 Å². The van der Waals surface area contributed by atoms with Crippen LogP contribution in [-0.4, -0.2) is 41.8 Å². The molecule has 0 fully saturated rings. The highest BCUT2D eigenvalue weighted by molar-refractivity contribution is 7.80. The second kappa shape index (κ2) is 11.5. The van der Waals surface area contributed by atoms with E-state index in [0.29, 0.717) is 23.1 Å². The number of methoxy groups -OCH3 is 2. The molecule has 28 heavy (non-hydrogen) atoms. The summed E-state index contributed by atoms with van der Waals surface area (Å²) >= 11 is 5.13. The number of benzene rings is 1. The highest BCUT2D eigenvalue weighted by atomic mass is 32.1. The van der Waals surface area contributed by atoms with Crippen LogP contribution in [0, 0.1) is 0 Å². The minimum Gasteiger partial charge on any atom is -0.480 e. The largest absolute Gasteiger partial charge is 0.480 e. The number of carbonyl (C=O) groups excluding carboxylic acids is 1. The molecule has 0 radical (unpaired) electrons. The van der Waals surface area contributed by atoms with Gasteiger partial charge in [0.2, 0.25) is 5.88 Å². The number of aromatic nitrogens is 2. The Morgan fingerprint density at radius 1 is 1.18 bits per heavy atom. The molecule has 0 aliphatic carbocycles. The lowest BCUT2D eigenvalue weighted by Gasteiger charge is -2.10. The molecule has 0 saturated heterocycles. The van der Waals surface area contributed by atoms with E-state index in [0.717, 1.165) is 12.8 Å². The second-order valence-electron chi connectivity index (χ2n) is 5.61. The van der Waals surface area contributed by atoms with Crippen molar-refractivity contribution >= 4 is 29.3 Å². The molecule has 9 heteroatoms. The summed E-state index contributed by atoms with van der Waals surface area (Å²) in [5, 5.41) is 3.39. The van der Waals surface area contributed by atoms with E-state index in [2.05, 4.69) is 38.3 Å². The van der Waals surface area contributed by atoms with E-state index in [4.69, 9.17) is 21.7 Å². The number of carbonyl (C=O) groups is 1. The highest BCUT2D eigenvalue weighted by Gasteiger charge is 2.06. The summed E-state index contributed by atoms with van der Waals surface area (Å²) in [7, 11) is 2.94. The van der Waals surface area contributed by atoms with Gasteiger partial charge >= 0.3 is 6.01 Å². The molecule has 1 heterocycles. The molecule has 0 aliphatic rings. The first-order valence-electron chi connectivity index (χ1n) is 8.63. The average Bonchev–Trinajstić information content (AvgIpc) is 2.74. The molecule has 8 nitrogen and oxygen atoms in total. The van der Waals surface area contributed by atoms with E-state index < -0.39 is 0 Å². The zero-order valence-corrected chi connectivity index (χ0v) is 16.6. The molecule has 1 amide bonds. The number of amides is 1. The van der Waals surface area contributed by atoms with E-state index in [-0.39, 0.29) is 11.9 Å². The van der Waals surface area contributed by atoms with Crippen LogP contribution in [0.4, 0.5) is 0 Å². The van der Waals surface area contributed by atoms with E-state index in [1.807, 2.05) is 18.2 Å². The van der Waals surface area contributed by atoms with Gasteiger partial charge in [0.15, 0.2) is 5.11 Å². The van der Waals surface area contributed by atoms with Crippen LogP contribution in [0.3, 0.4) is 0 Å². The number of hydrogen-bond acceptors (Lipinski definition) is 6. The zero-order valence-electron chi connectivity index (χ0n) is 15.8. The molecule has 2 rings (SSSR count). The van der Waals surface area contributed by atoms with Crippen molar-refractivity contribution in [1.82, 2.24) is 26.1 Å². The van der Waals surface area contributed by atoms with Gasteiger partial charge < -0.3 is 14.8 Å². The van der Waals surface area contributed by atoms with Crippen LogP contribution in [0.5, 0.6) is 11.9 Å². The Morgan fingerprint density at radius 2 is 1.96 bits per heavy atom. The van der Waals surface area contributed by atoms with Gasteiger partial charge in [-0.25, -0.2) is 4.98 Å². The molecule has 0 spiro atoms. The zero-order chi connectivity index (χ0) is 20.2. The van der Waals surface area contributed by atoms with Crippen LogP contribution >= 0.6 is 12.2 Å². The topological polar surface area (TPSA) is 97.4 Å². The number of thiocarbonyl (C=S) groups is 1. The van der Waals surface area contributed by atoms with Gasteiger partial charge in [-0.3, -0.25) is 15.6 Å². The molecular weight excluding hydrogens is 378 g/mol. The van der Waals surface area contributed by atoms with Gasteiger partial charge in [-0.15, -0.1) is 0 Å². The molecule has 2 aromatic rings. The minimum absolute atomic E-state index is 0.184. The Balaban J connectivity index is 1.70. The molecule has 0 aliphatic heterocycles. The molecule has 0 atom stereocenters. The minimum atomic E-state index is -0.383. The molecular formula is C19H23N5O3S. The summed E-state index contributed by atoms with van der Waals surface area (Å²) in [5.74, 6) is -0.0780. The quantitative estimate of drug-likeness (QED) is 0.266. The lowest BCUT2D eigenvalue weighted by molar-refractivity contribution is -0.116. The normalized spacial score (nSPS) is 10.4. The van der Waals surface area contributed by atoms with Crippen LogP contribution in [0.25, 0.3) is 6.08 Å². The third-order valence-corrected chi connectivity index (χ3v) is 3.86. The van der Waals surface area contributed by atoms with E-state index >= 15 is 0 Å². The van der Waals surface area contributed by atoms with Gasteiger partial charge in [-0.05, 0) is 36.7 Å². The fraction of sp³-hybridized carbons (Fsp3) is 0.263. The Hall–Kier alpha value is -3.20. The van der Waals surface area contributed by atoms with Crippen molar-refractivity contribution < 1.29 is 14.3 Å². The number of hydrogen-bond donors (Lipinski definition) is 3. The standard InChI is InChI=1S/C19H23N5O3S/c1-26-17-15(13-21-18(22-17)27-2)10-11-16(25)23-24-19(28)20-12-6-9-14-7-4-3-5-8-14/h3-5,7-8,10-11,13H,6,9,12H2,1-2H3,(H,23,25)(H2,20,24,28)/b11-10+. The lowest BCUT2D eigenvalue weighted by Crippen LogP contribution is -2.46. The van der Waals surface area contributed by atoms with Crippen LogP contribution in [0.1, 0.15) is 17.5 Å². The van der Waals surface area contributed by atoms with Gasteiger partial charge in [-0.1, -0.05) is 30.3 Å². The number of aryl methyl sites for hydroxylation is 1. The maximum Gasteiger partial charge on any atom is 0.319 e. The van der Waals surface area contributed by atoms with Crippen LogP contribution in [0.2, 0.25) is 0 Å². The van der Waals surface area contributed by atoms with Gasteiger partial charge in [0.1, 0.15) is 0 Å². The average molecular weight is 401 g/mol. The smallest absolute Gasteiger partial charge is 0.319 e. The first-order chi connectivity index (χ1) is 13.6. The summed E-state index contributed by atoms with van der Waals surface area (Å²) < 4.78 is 10.1. The molecule has 0 bridgehead atoms. The monoisotopic (exact) mass is 401 g/mol. The summed E-state index contributed by atoms with van der Waals surface area (Å²) in [4.78, 5) is 19.9. The lowest BCUT2D eigenvalue weighted by atomic mass is 10.1. The van der Waals surface area contributed by atoms with Crippen LogP contribution < -0.4 is 25.6 Å². The van der Waals surface area contributed by atoms with Crippen molar-refractivity contribution in [3.05, 3.63) is 53.7 Å². The van der Waals surface area contributed by atoms with Gasteiger partial charge in [0, 0.05) is 18.8 Å². The Bertz CT molecular complexity index is 814. The SMILES string of the molecule is COc1ncc(/C=C/C(=O)NNC(=S)NCCCc2ccccc2)c(OC)n1. The van der Waals surface area contributed by atoms with Crippen molar-refractivity contribution in [3.63, 3.8) is 0 Å². The molecule has 0 saturated carbocycles. The van der Waals surface area contributed by atoms with Gasteiger partial charge in [-0.2, -0.15) is 4.98 Å². The third kappa shape index (κ3) is 7.20. The maximum absolute atomic E-state index is 11.9. The molecule has 0 unspecified atom stereocenters. The van der Waals surface area contributed by atoms with E-state index in [9.17, 15) is 4.79 Å². The van der Waals surface area contributed by atoms with Crippen LogP contribution in [0.15, 0.2) is 42.6 Å². The predicted molar refractivity (Wildman–Crippen MR) is 111 cm³/mol. The molecule has 1 aromatic carbocycles. The highest BCUT2D eigenvalue weighted by Crippen LogP contribution is 2.18. The number of rotatable bonds is 8. The van der Waals surface area contributed by atoms with Gasteiger partial charge in [0.25, 0.3) is 5.91 Å². The number of nitrogens with zero attached hydrogens (tertiary/aromatic N) is 2. The number of ether oxygens (including phenoxy) is 2. The molecule has 3 N–H and O–H groups in total.